The molecule has 2 aromatic rings. The molecule has 7 nitrogen and oxygen atoms in total. The van der Waals surface area contributed by atoms with Crippen LogP contribution >= 0.6 is 11.6 Å². The number of carbonyl (C=O) groups is 1. The number of rotatable bonds is 7. The van der Waals surface area contributed by atoms with Gasteiger partial charge >= 0.3 is 6.09 Å². The van der Waals surface area contributed by atoms with E-state index in [2.05, 4.69) is 0 Å². The Labute approximate surface area is 205 Å². The van der Waals surface area contributed by atoms with Crippen LogP contribution in [-0.4, -0.2) is 42.6 Å². The Morgan fingerprint density at radius 3 is 2.56 bits per heavy atom. The van der Waals surface area contributed by atoms with Gasteiger partial charge in [0.25, 0.3) is 0 Å². The number of hydrogen-bond acceptors (Lipinski definition) is 6. The van der Waals surface area contributed by atoms with Crippen molar-refractivity contribution in [3.8, 4) is 11.5 Å². The Morgan fingerprint density at radius 2 is 1.88 bits per heavy atom. The molecule has 0 bridgehead atoms. The van der Waals surface area contributed by atoms with E-state index in [0.29, 0.717) is 35.4 Å². The second-order valence-electron chi connectivity index (χ2n) is 9.22. The fourth-order valence-electron chi connectivity index (χ4n) is 3.87. The fraction of sp³-hybridized carbons (Fsp3) is 0.423. The van der Waals surface area contributed by atoms with E-state index in [1.165, 1.54) is 0 Å². The van der Waals surface area contributed by atoms with Gasteiger partial charge in [-0.2, -0.15) is 0 Å². The second kappa shape index (κ2) is 10.5. The Morgan fingerprint density at radius 1 is 1.15 bits per heavy atom. The van der Waals surface area contributed by atoms with E-state index in [-0.39, 0.29) is 18.9 Å². The van der Waals surface area contributed by atoms with E-state index < -0.39 is 11.7 Å². The van der Waals surface area contributed by atoms with Crippen LogP contribution in [0.4, 0.5) is 4.79 Å². The second-order valence-corrected chi connectivity index (χ2v) is 9.63. The van der Waals surface area contributed by atoms with Gasteiger partial charge < -0.3 is 28.6 Å². The zero-order chi connectivity index (χ0) is 24.1. The first-order valence-electron chi connectivity index (χ1n) is 11.4. The molecule has 2 atom stereocenters. The van der Waals surface area contributed by atoms with Crippen molar-refractivity contribution in [1.82, 2.24) is 4.90 Å². The predicted molar refractivity (Wildman–Crippen MR) is 128 cm³/mol. The van der Waals surface area contributed by atoms with E-state index in [4.69, 9.17) is 35.3 Å². The summed E-state index contributed by atoms with van der Waals surface area (Å²) in [5, 5.41) is 0.579. The van der Waals surface area contributed by atoms with Crippen LogP contribution in [0.2, 0.25) is 5.02 Å². The lowest BCUT2D eigenvalue weighted by atomic mass is 10.1. The third-order valence-electron chi connectivity index (χ3n) is 5.46. The van der Waals surface area contributed by atoms with Crippen LogP contribution < -0.4 is 9.47 Å². The van der Waals surface area contributed by atoms with Crippen molar-refractivity contribution < 1.29 is 28.5 Å². The maximum atomic E-state index is 12.5. The number of carbonyl (C=O) groups excluding carboxylic acids is 1. The van der Waals surface area contributed by atoms with Crippen molar-refractivity contribution in [1.29, 1.82) is 0 Å². The topological polar surface area (TPSA) is 66.5 Å². The van der Waals surface area contributed by atoms with Gasteiger partial charge in [-0.1, -0.05) is 29.8 Å². The van der Waals surface area contributed by atoms with Crippen molar-refractivity contribution in [2.45, 2.75) is 51.4 Å². The van der Waals surface area contributed by atoms with Gasteiger partial charge in [0.15, 0.2) is 11.9 Å². The molecule has 1 fully saturated rings. The van der Waals surface area contributed by atoms with Crippen LogP contribution in [0.15, 0.2) is 60.6 Å². The lowest BCUT2D eigenvalue weighted by molar-refractivity contribution is 0.0187. The summed E-state index contributed by atoms with van der Waals surface area (Å²) in [5.74, 6) is 1.87. The normalized spacial score (nSPS) is 18.5. The maximum absolute atomic E-state index is 12.5. The summed E-state index contributed by atoms with van der Waals surface area (Å²) in [7, 11) is 0. The van der Waals surface area contributed by atoms with Crippen LogP contribution in [-0.2, 0) is 14.2 Å². The molecular formula is C26H30ClNO6. The van der Waals surface area contributed by atoms with Gasteiger partial charge in [0.2, 0.25) is 6.79 Å². The molecule has 1 saturated heterocycles. The number of hydrogen-bond donors (Lipinski definition) is 0. The van der Waals surface area contributed by atoms with Crippen molar-refractivity contribution in [2.75, 3.05) is 19.9 Å². The Hall–Kier alpha value is -3.06. The summed E-state index contributed by atoms with van der Waals surface area (Å²) in [5.41, 5.74) is 0.263. The molecule has 34 heavy (non-hydrogen) atoms. The minimum atomic E-state index is -0.538. The van der Waals surface area contributed by atoms with E-state index in [0.717, 1.165) is 18.4 Å². The summed E-state index contributed by atoms with van der Waals surface area (Å²) < 4.78 is 28.5. The average molecular weight is 488 g/mol. The molecule has 2 aliphatic heterocycles. The van der Waals surface area contributed by atoms with Crippen LogP contribution in [0.1, 0.15) is 45.3 Å². The number of halogens is 1. The molecule has 8 heteroatoms. The minimum Gasteiger partial charge on any atom is -0.491 e. The van der Waals surface area contributed by atoms with Gasteiger partial charge in [-0.15, -0.1) is 0 Å². The molecule has 0 radical (unpaired) electrons. The van der Waals surface area contributed by atoms with E-state index in [9.17, 15) is 4.79 Å². The highest BCUT2D eigenvalue weighted by molar-refractivity contribution is 6.31. The van der Waals surface area contributed by atoms with Gasteiger partial charge in [0.05, 0.1) is 6.04 Å². The van der Waals surface area contributed by atoms with Crippen LogP contribution in [0.25, 0.3) is 0 Å². The molecular weight excluding hydrogens is 458 g/mol. The first-order valence-corrected chi connectivity index (χ1v) is 11.8. The highest BCUT2D eigenvalue weighted by Crippen LogP contribution is 2.35. The number of nitrogens with zero attached hydrogens (tertiary/aromatic N) is 1. The summed E-state index contributed by atoms with van der Waals surface area (Å²) in [4.78, 5) is 14.2. The van der Waals surface area contributed by atoms with Gasteiger partial charge in [-0.05, 0) is 63.9 Å². The number of ether oxygens (including phenoxy) is 5. The van der Waals surface area contributed by atoms with E-state index in [1.807, 2.05) is 69.3 Å². The summed E-state index contributed by atoms with van der Waals surface area (Å²) in [6.45, 7) is 6.84. The molecule has 0 N–H and O–H groups in total. The lowest BCUT2D eigenvalue weighted by Crippen LogP contribution is -2.42. The monoisotopic (exact) mass is 487 g/mol. The zero-order valence-electron chi connectivity index (χ0n) is 19.7. The predicted octanol–water partition coefficient (Wildman–Crippen LogP) is 6.08. The van der Waals surface area contributed by atoms with Gasteiger partial charge in [-0.25, -0.2) is 4.79 Å². The van der Waals surface area contributed by atoms with E-state index >= 15 is 0 Å². The maximum Gasteiger partial charge on any atom is 0.410 e. The van der Waals surface area contributed by atoms with Crippen molar-refractivity contribution in [3.05, 3.63) is 71.1 Å². The van der Waals surface area contributed by atoms with Crippen molar-refractivity contribution >= 4 is 17.7 Å². The fourth-order valence-corrected chi connectivity index (χ4v) is 4.10. The molecule has 1 amide bonds. The van der Waals surface area contributed by atoms with Gasteiger partial charge in [0.1, 0.15) is 30.0 Å². The number of amides is 1. The lowest BCUT2D eigenvalue weighted by Gasteiger charge is -2.28. The summed E-state index contributed by atoms with van der Waals surface area (Å²) in [6.07, 6.45) is 2.54. The van der Waals surface area contributed by atoms with Crippen LogP contribution in [0.3, 0.4) is 0 Å². The van der Waals surface area contributed by atoms with Crippen LogP contribution in [0, 0.1) is 0 Å². The molecule has 0 aliphatic carbocycles. The molecule has 1 unspecified atom stereocenters. The third-order valence-corrected chi connectivity index (χ3v) is 5.81. The van der Waals surface area contributed by atoms with Crippen molar-refractivity contribution in [2.24, 2.45) is 0 Å². The number of benzene rings is 2. The molecule has 2 aromatic carbocycles. The standard InChI is InChI=1S/C26H30ClNO6/c1-26(2,3)34-25(29)28-14-6-7-18(28)15-31-19-10-12-20(13-11-19)33-24(23-16-30-17-32-23)21-8-4-5-9-22(21)27/h4-5,8-13,16,18,24H,6-7,14-15,17H2,1-3H3/t18-,24?/m1/s1. The molecule has 2 heterocycles. The molecule has 2 aliphatic rings. The molecule has 182 valence electrons. The molecule has 4 rings (SSSR count). The first kappa shape index (κ1) is 24.1. The first-order chi connectivity index (χ1) is 16.3. The minimum absolute atomic E-state index is 0.0122. The quantitative estimate of drug-likeness (QED) is 0.471. The highest BCUT2D eigenvalue weighted by Gasteiger charge is 2.32. The molecule has 0 saturated carbocycles. The summed E-state index contributed by atoms with van der Waals surface area (Å²) >= 11 is 6.40. The van der Waals surface area contributed by atoms with Gasteiger partial charge in [-0.3, -0.25) is 0 Å². The van der Waals surface area contributed by atoms with Crippen LogP contribution in [0.5, 0.6) is 11.5 Å². The Bertz CT molecular complexity index is 1020. The zero-order valence-corrected chi connectivity index (χ0v) is 20.4. The van der Waals surface area contributed by atoms with E-state index in [1.54, 1.807) is 11.2 Å². The average Bonchev–Trinajstić information content (AvgIpc) is 3.49. The largest absolute Gasteiger partial charge is 0.491 e. The van der Waals surface area contributed by atoms with Gasteiger partial charge in [0, 0.05) is 17.1 Å². The Balaban J connectivity index is 1.38. The summed E-state index contributed by atoms with van der Waals surface area (Å²) in [6, 6.07) is 14.8. The third kappa shape index (κ3) is 6.08. The number of likely N-dealkylation sites (tertiary alicyclic amines) is 1. The highest BCUT2D eigenvalue weighted by atomic mass is 35.5. The Kier molecular flexibility index (Phi) is 7.41. The smallest absolute Gasteiger partial charge is 0.410 e. The molecule has 0 spiro atoms. The molecule has 0 aromatic heterocycles. The SMILES string of the molecule is CC(C)(C)OC(=O)N1CCC[C@@H]1COc1ccc(OC(C2=COCO2)c2ccccc2Cl)cc1. The van der Waals surface area contributed by atoms with Crippen molar-refractivity contribution in [3.63, 3.8) is 0 Å².